The highest BCUT2D eigenvalue weighted by molar-refractivity contribution is 5.83. The third kappa shape index (κ3) is 6.67. The molecular formula is C23H34O4. The first-order valence-electron chi connectivity index (χ1n) is 10.4. The lowest BCUT2D eigenvalue weighted by molar-refractivity contribution is -0.158. The van der Waals surface area contributed by atoms with Crippen LogP contribution in [0.15, 0.2) is 24.3 Å². The highest BCUT2D eigenvalue weighted by Gasteiger charge is 2.38. The van der Waals surface area contributed by atoms with Gasteiger partial charge in [-0.3, -0.25) is 9.59 Å². The molecule has 4 nitrogen and oxygen atoms in total. The number of ether oxygens (including phenoxy) is 2. The van der Waals surface area contributed by atoms with Crippen LogP contribution in [0, 0.1) is 17.8 Å². The fourth-order valence-electron chi connectivity index (χ4n) is 3.58. The number of carbonyl (C=O) groups is 2. The van der Waals surface area contributed by atoms with E-state index >= 15 is 0 Å². The first-order valence-corrected chi connectivity index (χ1v) is 10.4. The zero-order valence-corrected chi connectivity index (χ0v) is 17.2. The summed E-state index contributed by atoms with van der Waals surface area (Å²) in [5, 5.41) is 0. The maximum atomic E-state index is 12.7. The second kappa shape index (κ2) is 10.5. The molecule has 27 heavy (non-hydrogen) atoms. The molecule has 0 radical (unpaired) electrons. The summed E-state index contributed by atoms with van der Waals surface area (Å²) in [6.45, 7) is 9.00. The van der Waals surface area contributed by atoms with Crippen molar-refractivity contribution in [3.63, 3.8) is 0 Å². The third-order valence-electron chi connectivity index (χ3n) is 5.31. The van der Waals surface area contributed by atoms with E-state index in [0.29, 0.717) is 37.0 Å². The van der Waals surface area contributed by atoms with Gasteiger partial charge in [0.05, 0.1) is 18.4 Å². The van der Waals surface area contributed by atoms with Gasteiger partial charge in [-0.25, -0.2) is 0 Å². The molecule has 0 heterocycles. The van der Waals surface area contributed by atoms with Crippen LogP contribution < -0.4 is 4.74 Å². The minimum Gasteiger partial charge on any atom is -0.465 e. The quantitative estimate of drug-likeness (QED) is 0.342. The first kappa shape index (κ1) is 21.5. The van der Waals surface area contributed by atoms with Gasteiger partial charge in [-0.05, 0) is 55.2 Å². The van der Waals surface area contributed by atoms with E-state index in [2.05, 4.69) is 27.7 Å². The van der Waals surface area contributed by atoms with Crippen LogP contribution in [0.2, 0.25) is 0 Å². The molecule has 1 aromatic rings. The Morgan fingerprint density at radius 1 is 0.963 bits per heavy atom. The van der Waals surface area contributed by atoms with Gasteiger partial charge in [-0.1, -0.05) is 52.7 Å². The Kier molecular flexibility index (Phi) is 8.33. The maximum Gasteiger partial charge on any atom is 0.315 e. The molecule has 1 aromatic carbocycles. The molecule has 0 spiro atoms. The van der Waals surface area contributed by atoms with E-state index in [1.807, 2.05) is 24.3 Å². The minimum absolute atomic E-state index is 0.240. The largest absolute Gasteiger partial charge is 0.465 e. The summed E-state index contributed by atoms with van der Waals surface area (Å²) in [4.78, 5) is 25.2. The monoisotopic (exact) mass is 374 g/mol. The van der Waals surface area contributed by atoms with Crippen LogP contribution >= 0.6 is 0 Å². The lowest BCUT2D eigenvalue weighted by Crippen LogP contribution is -2.36. The molecule has 2 atom stereocenters. The zero-order chi connectivity index (χ0) is 19.8. The van der Waals surface area contributed by atoms with Crippen LogP contribution in [0.5, 0.6) is 5.75 Å². The molecule has 1 aliphatic rings. The molecule has 1 fully saturated rings. The Bertz CT molecular complexity index is 603. The van der Waals surface area contributed by atoms with E-state index in [0.717, 1.165) is 25.7 Å². The number of esters is 2. The van der Waals surface area contributed by atoms with E-state index in [4.69, 9.17) is 9.47 Å². The molecule has 0 amide bonds. The van der Waals surface area contributed by atoms with Crippen molar-refractivity contribution >= 4 is 11.9 Å². The van der Waals surface area contributed by atoms with Crippen molar-refractivity contribution in [3.05, 3.63) is 29.8 Å². The topological polar surface area (TPSA) is 52.6 Å². The summed E-state index contributed by atoms with van der Waals surface area (Å²) in [6.07, 6.45) is 5.20. The molecule has 2 rings (SSSR count). The Balaban J connectivity index is 1.92. The number of hydrogen-bond donors (Lipinski definition) is 0. The fourth-order valence-corrected chi connectivity index (χ4v) is 3.58. The van der Waals surface area contributed by atoms with E-state index in [1.54, 1.807) is 0 Å². The lowest BCUT2D eigenvalue weighted by atomic mass is 9.79. The highest BCUT2D eigenvalue weighted by Crippen LogP contribution is 2.32. The van der Waals surface area contributed by atoms with Gasteiger partial charge in [-0.15, -0.1) is 0 Å². The Hall–Kier alpha value is -1.84. The molecule has 0 saturated heterocycles. The molecule has 2 unspecified atom stereocenters. The number of carbonyl (C=O) groups excluding carboxylic acids is 2. The van der Waals surface area contributed by atoms with Gasteiger partial charge in [0.2, 0.25) is 0 Å². The van der Waals surface area contributed by atoms with Gasteiger partial charge in [-0.2, -0.15) is 0 Å². The Morgan fingerprint density at radius 3 is 2.11 bits per heavy atom. The van der Waals surface area contributed by atoms with Gasteiger partial charge < -0.3 is 9.47 Å². The van der Waals surface area contributed by atoms with Crippen molar-refractivity contribution < 1.29 is 19.1 Å². The van der Waals surface area contributed by atoms with Crippen LogP contribution in [0.4, 0.5) is 0 Å². The fraction of sp³-hybridized carbons (Fsp3) is 0.652. The lowest BCUT2D eigenvalue weighted by Gasteiger charge is -2.28. The number of rotatable bonds is 8. The van der Waals surface area contributed by atoms with Gasteiger partial charge in [0.1, 0.15) is 5.75 Å². The van der Waals surface area contributed by atoms with Crippen LogP contribution in [0.25, 0.3) is 0 Å². The summed E-state index contributed by atoms with van der Waals surface area (Å²) in [5.74, 6) is 0.248. The molecule has 1 saturated carbocycles. The van der Waals surface area contributed by atoms with E-state index in [-0.39, 0.29) is 17.9 Å². The van der Waals surface area contributed by atoms with E-state index < -0.39 is 5.92 Å². The Morgan fingerprint density at radius 2 is 1.56 bits per heavy atom. The normalized spacial score (nSPS) is 19.9. The van der Waals surface area contributed by atoms with Crippen LogP contribution in [0.1, 0.15) is 77.7 Å². The predicted octanol–water partition coefficient (Wildman–Crippen LogP) is 5.50. The van der Waals surface area contributed by atoms with Gasteiger partial charge in [0.15, 0.2) is 0 Å². The van der Waals surface area contributed by atoms with Crippen molar-refractivity contribution in [3.8, 4) is 5.75 Å². The molecular weight excluding hydrogens is 340 g/mol. The molecule has 0 aromatic heterocycles. The highest BCUT2D eigenvalue weighted by atomic mass is 16.5. The average Bonchev–Trinajstić information content (AvgIpc) is 2.65. The SMILES string of the molecule is CC(C)CCCOC(=O)C1CCCCC1C(=O)Oc1ccc(C(C)C)cc1. The minimum atomic E-state index is -0.402. The molecule has 150 valence electrons. The molecule has 0 aliphatic heterocycles. The molecule has 0 N–H and O–H groups in total. The first-order chi connectivity index (χ1) is 12.9. The maximum absolute atomic E-state index is 12.7. The van der Waals surface area contributed by atoms with Crippen molar-refractivity contribution in [2.24, 2.45) is 17.8 Å². The van der Waals surface area contributed by atoms with Crippen molar-refractivity contribution in [1.82, 2.24) is 0 Å². The van der Waals surface area contributed by atoms with Crippen molar-refractivity contribution in [2.45, 2.75) is 72.1 Å². The zero-order valence-electron chi connectivity index (χ0n) is 17.2. The summed E-state index contributed by atoms with van der Waals surface area (Å²) in [7, 11) is 0. The standard InChI is InChI=1S/C23H34O4/c1-16(2)8-7-15-26-22(24)20-9-5-6-10-21(20)23(25)27-19-13-11-18(12-14-19)17(3)4/h11-14,16-17,20-21H,5-10,15H2,1-4H3. The van der Waals surface area contributed by atoms with E-state index in [9.17, 15) is 9.59 Å². The van der Waals surface area contributed by atoms with Gasteiger partial charge in [0, 0.05) is 0 Å². The van der Waals surface area contributed by atoms with Crippen LogP contribution in [-0.4, -0.2) is 18.5 Å². The average molecular weight is 375 g/mol. The summed E-state index contributed by atoms with van der Waals surface area (Å²) < 4.78 is 11.0. The Labute approximate surface area is 163 Å². The molecule has 0 bridgehead atoms. The second-order valence-electron chi connectivity index (χ2n) is 8.35. The number of benzene rings is 1. The summed E-state index contributed by atoms with van der Waals surface area (Å²) >= 11 is 0. The predicted molar refractivity (Wildman–Crippen MR) is 107 cm³/mol. The summed E-state index contributed by atoms with van der Waals surface area (Å²) in [6, 6.07) is 7.62. The van der Waals surface area contributed by atoms with Gasteiger partial charge in [0.25, 0.3) is 0 Å². The van der Waals surface area contributed by atoms with Crippen LogP contribution in [0.3, 0.4) is 0 Å². The molecule has 1 aliphatic carbocycles. The number of hydrogen-bond acceptors (Lipinski definition) is 4. The second-order valence-corrected chi connectivity index (χ2v) is 8.35. The third-order valence-corrected chi connectivity index (χ3v) is 5.31. The van der Waals surface area contributed by atoms with E-state index in [1.165, 1.54) is 5.56 Å². The van der Waals surface area contributed by atoms with Crippen molar-refractivity contribution in [2.75, 3.05) is 6.61 Å². The smallest absolute Gasteiger partial charge is 0.315 e. The van der Waals surface area contributed by atoms with Crippen molar-refractivity contribution in [1.29, 1.82) is 0 Å². The summed E-state index contributed by atoms with van der Waals surface area (Å²) in [5.41, 5.74) is 1.20. The van der Waals surface area contributed by atoms with Crippen LogP contribution in [-0.2, 0) is 14.3 Å². The molecule has 4 heteroatoms. The van der Waals surface area contributed by atoms with Gasteiger partial charge >= 0.3 is 11.9 Å².